The summed E-state index contributed by atoms with van der Waals surface area (Å²) in [6, 6.07) is 4.69. The van der Waals surface area contributed by atoms with Crippen molar-refractivity contribution >= 4 is 0 Å². The number of imidazole rings is 3. The van der Waals surface area contributed by atoms with Crippen LogP contribution in [0, 0.1) is 0 Å². The van der Waals surface area contributed by atoms with E-state index in [1.165, 1.54) is 22.3 Å². The molecule has 0 unspecified atom stereocenters. The van der Waals surface area contributed by atoms with Crippen molar-refractivity contribution in [1.82, 2.24) is 38.9 Å². The van der Waals surface area contributed by atoms with Crippen molar-refractivity contribution in [3.05, 3.63) is 103 Å². The molecule has 3 aromatic heterocycles. The third kappa shape index (κ3) is 4.12. The quantitative estimate of drug-likeness (QED) is 0.491. The van der Waals surface area contributed by atoms with Gasteiger partial charge in [-0.25, -0.2) is 15.0 Å². The summed E-state index contributed by atoms with van der Waals surface area (Å²) >= 11 is 0. The van der Waals surface area contributed by atoms with Gasteiger partial charge in [0.25, 0.3) is 0 Å². The van der Waals surface area contributed by atoms with Crippen LogP contribution in [0.2, 0.25) is 0 Å². The predicted molar refractivity (Wildman–Crippen MR) is 113 cm³/mol. The lowest BCUT2D eigenvalue weighted by Crippen LogP contribution is -2.21. The van der Waals surface area contributed by atoms with Gasteiger partial charge in [0.05, 0.1) is 25.7 Å². The Balaban J connectivity index is 1.54. The molecule has 0 atom stereocenters. The van der Waals surface area contributed by atoms with Gasteiger partial charge in [0.15, 0.2) is 0 Å². The van der Waals surface area contributed by atoms with Gasteiger partial charge in [-0.1, -0.05) is 12.1 Å². The lowest BCUT2D eigenvalue weighted by atomic mass is 9.97. The van der Waals surface area contributed by atoms with E-state index in [0.717, 1.165) is 32.8 Å². The Hall–Kier alpha value is -3.81. The molecular weight excluding hydrogens is 376 g/mol. The summed E-state index contributed by atoms with van der Waals surface area (Å²) in [6.45, 7) is 4.06. The Bertz CT molecular complexity index is 1090. The standard InChI is InChI=1S/C22H24N8/c1-5-27(15-23-1)11-19-9-21(13-29-7-3-25-17-29)22(14-30-8-4-26-18-30)10-20(19)12-28-6-2-24-16-28/h1-10,15-17,26H,11-14,18H2. The fourth-order valence-corrected chi connectivity index (χ4v) is 3.82. The summed E-state index contributed by atoms with van der Waals surface area (Å²) in [7, 11) is 0. The van der Waals surface area contributed by atoms with E-state index in [2.05, 4.69) is 57.2 Å². The molecule has 1 aliphatic rings. The summed E-state index contributed by atoms with van der Waals surface area (Å²) in [5.74, 6) is 0. The van der Waals surface area contributed by atoms with Crippen molar-refractivity contribution < 1.29 is 0 Å². The normalized spacial score (nSPS) is 13.1. The number of hydrogen-bond acceptors (Lipinski definition) is 5. The Morgan fingerprint density at radius 1 is 0.667 bits per heavy atom. The summed E-state index contributed by atoms with van der Waals surface area (Å²) < 4.78 is 6.34. The van der Waals surface area contributed by atoms with Crippen LogP contribution in [0.3, 0.4) is 0 Å². The zero-order valence-corrected chi connectivity index (χ0v) is 16.7. The van der Waals surface area contributed by atoms with Crippen molar-refractivity contribution in [2.24, 2.45) is 0 Å². The summed E-state index contributed by atoms with van der Waals surface area (Å²) in [5, 5.41) is 3.26. The molecule has 152 valence electrons. The Morgan fingerprint density at radius 3 is 1.50 bits per heavy atom. The van der Waals surface area contributed by atoms with Crippen molar-refractivity contribution in [3.63, 3.8) is 0 Å². The van der Waals surface area contributed by atoms with Crippen LogP contribution in [-0.4, -0.2) is 40.2 Å². The first-order valence-corrected chi connectivity index (χ1v) is 9.98. The number of nitrogens with zero attached hydrogens (tertiary/aromatic N) is 7. The van der Waals surface area contributed by atoms with Gasteiger partial charge in [0.1, 0.15) is 0 Å². The highest BCUT2D eigenvalue weighted by Crippen LogP contribution is 2.23. The van der Waals surface area contributed by atoms with Crippen LogP contribution in [0.25, 0.3) is 0 Å². The fraction of sp³-hybridized carbons (Fsp3) is 0.227. The van der Waals surface area contributed by atoms with E-state index in [1.54, 1.807) is 0 Å². The Morgan fingerprint density at radius 2 is 1.13 bits per heavy atom. The smallest absolute Gasteiger partial charge is 0.0949 e. The molecule has 0 bridgehead atoms. The molecule has 1 aromatic carbocycles. The van der Waals surface area contributed by atoms with Crippen molar-refractivity contribution in [3.8, 4) is 0 Å². The van der Waals surface area contributed by atoms with Crippen molar-refractivity contribution in [2.45, 2.75) is 26.2 Å². The highest BCUT2D eigenvalue weighted by atomic mass is 15.2. The molecule has 0 fully saturated rings. The first kappa shape index (κ1) is 18.2. The Kier molecular flexibility index (Phi) is 5.03. The maximum atomic E-state index is 4.21. The molecular formula is C22H24N8. The lowest BCUT2D eigenvalue weighted by Gasteiger charge is -2.21. The second-order valence-corrected chi connectivity index (χ2v) is 7.52. The number of benzene rings is 1. The van der Waals surface area contributed by atoms with Crippen molar-refractivity contribution in [1.29, 1.82) is 0 Å². The third-order valence-corrected chi connectivity index (χ3v) is 5.33. The topological polar surface area (TPSA) is 68.7 Å². The average molecular weight is 400 g/mol. The van der Waals surface area contributed by atoms with E-state index >= 15 is 0 Å². The number of hydrogen-bond donors (Lipinski definition) is 1. The minimum atomic E-state index is 0.784. The maximum Gasteiger partial charge on any atom is 0.0949 e. The summed E-state index contributed by atoms with van der Waals surface area (Å²) in [5.41, 5.74) is 5.21. The monoisotopic (exact) mass is 400 g/mol. The molecule has 5 rings (SSSR count). The first-order valence-electron chi connectivity index (χ1n) is 9.98. The highest BCUT2D eigenvalue weighted by molar-refractivity contribution is 5.39. The molecule has 0 amide bonds. The number of nitrogens with one attached hydrogen (secondary N) is 1. The van der Waals surface area contributed by atoms with Gasteiger partial charge >= 0.3 is 0 Å². The van der Waals surface area contributed by atoms with E-state index in [1.807, 2.05) is 62.4 Å². The zero-order valence-electron chi connectivity index (χ0n) is 16.7. The van der Waals surface area contributed by atoms with E-state index < -0.39 is 0 Å². The minimum absolute atomic E-state index is 0.784. The first-order chi connectivity index (χ1) is 14.8. The van der Waals surface area contributed by atoms with E-state index in [9.17, 15) is 0 Å². The van der Waals surface area contributed by atoms with Gasteiger partial charge in [-0.3, -0.25) is 0 Å². The van der Waals surface area contributed by atoms with E-state index in [-0.39, 0.29) is 0 Å². The zero-order chi connectivity index (χ0) is 20.2. The molecule has 0 radical (unpaired) electrons. The molecule has 30 heavy (non-hydrogen) atoms. The van der Waals surface area contributed by atoms with Gasteiger partial charge in [-0.15, -0.1) is 0 Å². The molecule has 0 spiro atoms. The summed E-state index contributed by atoms with van der Waals surface area (Å²) in [4.78, 5) is 14.9. The van der Waals surface area contributed by atoms with Crippen LogP contribution >= 0.6 is 0 Å². The van der Waals surface area contributed by atoms with Crippen LogP contribution in [0.4, 0.5) is 0 Å². The highest BCUT2D eigenvalue weighted by Gasteiger charge is 2.15. The number of aromatic nitrogens is 6. The molecule has 1 aliphatic heterocycles. The molecule has 4 aromatic rings. The molecule has 4 heterocycles. The molecule has 8 heteroatoms. The van der Waals surface area contributed by atoms with Gasteiger partial charge in [0, 0.05) is 75.8 Å². The van der Waals surface area contributed by atoms with Crippen LogP contribution in [0.5, 0.6) is 0 Å². The molecule has 1 N–H and O–H groups in total. The van der Waals surface area contributed by atoms with Crippen LogP contribution in [-0.2, 0) is 26.2 Å². The SMILES string of the molecule is C1=CN(Cc2cc(Cn3ccnc3)c(Cn3ccnc3)cc2Cn2ccnc2)CN1. The second kappa shape index (κ2) is 8.28. The molecule has 0 saturated heterocycles. The van der Waals surface area contributed by atoms with Gasteiger partial charge in [0.2, 0.25) is 0 Å². The fourth-order valence-electron chi connectivity index (χ4n) is 3.82. The van der Waals surface area contributed by atoms with Crippen molar-refractivity contribution in [2.75, 3.05) is 6.67 Å². The van der Waals surface area contributed by atoms with Crippen LogP contribution in [0.15, 0.2) is 80.7 Å². The molecule has 8 nitrogen and oxygen atoms in total. The van der Waals surface area contributed by atoms with Crippen LogP contribution < -0.4 is 5.32 Å². The average Bonchev–Trinajstić information content (AvgIpc) is 3.54. The maximum absolute atomic E-state index is 4.21. The van der Waals surface area contributed by atoms with E-state index in [4.69, 9.17) is 0 Å². The number of rotatable bonds is 8. The third-order valence-electron chi connectivity index (χ3n) is 5.33. The van der Waals surface area contributed by atoms with E-state index in [0.29, 0.717) is 0 Å². The van der Waals surface area contributed by atoms with Crippen LogP contribution in [0.1, 0.15) is 22.3 Å². The predicted octanol–water partition coefficient (Wildman–Crippen LogP) is 2.25. The largest absolute Gasteiger partial charge is 0.373 e. The second-order valence-electron chi connectivity index (χ2n) is 7.52. The summed E-state index contributed by atoms with van der Waals surface area (Å²) in [6.07, 6.45) is 21.2. The lowest BCUT2D eigenvalue weighted by molar-refractivity contribution is 0.383. The molecule has 0 saturated carbocycles. The van der Waals surface area contributed by atoms with Gasteiger partial charge in [-0.05, 0) is 22.3 Å². The molecule has 0 aliphatic carbocycles. The minimum Gasteiger partial charge on any atom is -0.373 e. The van der Waals surface area contributed by atoms with Gasteiger partial charge < -0.3 is 23.9 Å². The van der Waals surface area contributed by atoms with Gasteiger partial charge in [-0.2, -0.15) is 0 Å². The Labute approximate surface area is 175 Å².